The normalized spacial score (nSPS) is 25.2. The fourth-order valence-electron chi connectivity index (χ4n) is 1.33. The highest BCUT2D eigenvalue weighted by atomic mass is 14.0. The molecule has 0 aromatic heterocycles. The van der Waals surface area contributed by atoms with Gasteiger partial charge in [0.05, 0.1) is 0 Å². The first kappa shape index (κ1) is 9.31. The quantitative estimate of drug-likeness (QED) is 0.474. The lowest BCUT2D eigenvalue weighted by atomic mass is 10.0. The van der Waals surface area contributed by atoms with Crippen LogP contribution in [-0.2, 0) is 0 Å². The van der Waals surface area contributed by atoms with Gasteiger partial charge in [0, 0.05) is 0 Å². The Hall–Kier alpha value is -0.780. The van der Waals surface area contributed by atoms with E-state index in [4.69, 9.17) is 0 Å². The Bertz CT molecular complexity index is 206. The van der Waals surface area contributed by atoms with Gasteiger partial charge in [-0.1, -0.05) is 42.9 Å². The molecule has 1 aliphatic carbocycles. The Morgan fingerprint density at radius 2 is 2.17 bits per heavy atom. The van der Waals surface area contributed by atoms with Crippen LogP contribution in [0.3, 0.4) is 0 Å². The second kappa shape index (κ2) is 4.97. The summed E-state index contributed by atoms with van der Waals surface area (Å²) >= 11 is 0. The van der Waals surface area contributed by atoms with E-state index >= 15 is 0 Å². The predicted molar refractivity (Wildman–Crippen MR) is 55.1 cm³/mol. The Labute approximate surface area is 75.7 Å². The summed E-state index contributed by atoms with van der Waals surface area (Å²) < 4.78 is 0. The molecule has 0 aromatic carbocycles. The molecule has 0 aromatic rings. The molecule has 0 bridgehead atoms. The van der Waals surface area contributed by atoms with Crippen LogP contribution in [0.1, 0.15) is 33.1 Å². The lowest BCUT2D eigenvalue weighted by Gasteiger charge is -2.03. The van der Waals surface area contributed by atoms with Crippen LogP contribution >= 0.6 is 0 Å². The van der Waals surface area contributed by atoms with Gasteiger partial charge in [-0.3, -0.25) is 0 Å². The second-order valence-electron chi connectivity index (χ2n) is 3.62. The third kappa shape index (κ3) is 3.56. The van der Waals surface area contributed by atoms with Crippen molar-refractivity contribution in [1.82, 2.24) is 0 Å². The van der Waals surface area contributed by atoms with Crippen LogP contribution in [0.5, 0.6) is 0 Å². The summed E-state index contributed by atoms with van der Waals surface area (Å²) in [6, 6.07) is 0. The first-order chi connectivity index (χ1) is 5.79. The summed E-state index contributed by atoms with van der Waals surface area (Å²) in [4.78, 5) is 0. The van der Waals surface area contributed by atoms with Crippen molar-refractivity contribution < 1.29 is 0 Å². The SMILES string of the molecule is CC1=CC=CCC(C)C=CCC1. The van der Waals surface area contributed by atoms with Crippen LogP contribution in [-0.4, -0.2) is 0 Å². The molecule has 0 fully saturated rings. The maximum Gasteiger partial charge on any atom is -0.0227 e. The molecular formula is C12H18. The first-order valence-corrected chi connectivity index (χ1v) is 4.78. The van der Waals surface area contributed by atoms with Gasteiger partial charge < -0.3 is 0 Å². The molecule has 0 aliphatic heterocycles. The number of rotatable bonds is 0. The van der Waals surface area contributed by atoms with E-state index in [1.807, 2.05) is 0 Å². The molecule has 0 amide bonds. The molecule has 12 heavy (non-hydrogen) atoms. The molecule has 0 radical (unpaired) electrons. The van der Waals surface area contributed by atoms with Crippen molar-refractivity contribution in [2.24, 2.45) is 5.92 Å². The molecule has 0 N–H and O–H groups in total. The van der Waals surface area contributed by atoms with Crippen LogP contribution < -0.4 is 0 Å². The van der Waals surface area contributed by atoms with Gasteiger partial charge in [-0.05, 0) is 32.1 Å². The molecule has 1 aliphatic rings. The highest BCUT2D eigenvalue weighted by molar-refractivity contribution is 5.12. The van der Waals surface area contributed by atoms with E-state index in [0.717, 1.165) is 0 Å². The van der Waals surface area contributed by atoms with Gasteiger partial charge in [0.15, 0.2) is 0 Å². The van der Waals surface area contributed by atoms with E-state index in [1.54, 1.807) is 0 Å². The summed E-state index contributed by atoms with van der Waals surface area (Å²) in [5, 5.41) is 0. The maximum atomic E-state index is 2.32. The van der Waals surface area contributed by atoms with Gasteiger partial charge in [-0.25, -0.2) is 0 Å². The molecule has 0 heterocycles. The third-order valence-electron chi connectivity index (χ3n) is 2.19. The van der Waals surface area contributed by atoms with Gasteiger partial charge in [0.2, 0.25) is 0 Å². The third-order valence-corrected chi connectivity index (χ3v) is 2.19. The van der Waals surface area contributed by atoms with Crippen molar-refractivity contribution in [3.8, 4) is 0 Å². The zero-order chi connectivity index (χ0) is 8.81. The summed E-state index contributed by atoms with van der Waals surface area (Å²) in [6.07, 6.45) is 14.9. The molecule has 1 rings (SSSR count). The minimum atomic E-state index is 0.702. The van der Waals surface area contributed by atoms with Gasteiger partial charge in [0.25, 0.3) is 0 Å². The minimum absolute atomic E-state index is 0.702. The smallest absolute Gasteiger partial charge is 0.0227 e. The van der Waals surface area contributed by atoms with E-state index in [0.29, 0.717) is 5.92 Å². The fraction of sp³-hybridized carbons (Fsp3) is 0.500. The van der Waals surface area contributed by atoms with Crippen molar-refractivity contribution in [2.45, 2.75) is 33.1 Å². The average molecular weight is 162 g/mol. The Kier molecular flexibility index (Phi) is 3.86. The monoisotopic (exact) mass is 162 g/mol. The van der Waals surface area contributed by atoms with Crippen molar-refractivity contribution in [2.75, 3.05) is 0 Å². The zero-order valence-corrected chi connectivity index (χ0v) is 8.09. The van der Waals surface area contributed by atoms with E-state index in [2.05, 4.69) is 44.2 Å². The molecule has 0 nitrogen and oxygen atoms in total. The average Bonchev–Trinajstić information content (AvgIpc) is 2.06. The molecule has 0 saturated carbocycles. The largest absolute Gasteiger partial charge is 0.0879 e. The summed E-state index contributed by atoms with van der Waals surface area (Å²) in [6.45, 7) is 4.46. The standard InChI is InChI=1S/C12H18/c1-11-7-3-5-9-12(2)10-6-4-8-11/h3-5,8-9,11H,6-7,10H2,1-2H3. The summed E-state index contributed by atoms with van der Waals surface area (Å²) in [5.41, 5.74) is 1.48. The highest BCUT2D eigenvalue weighted by Gasteiger charge is 1.94. The van der Waals surface area contributed by atoms with Crippen molar-refractivity contribution >= 4 is 0 Å². The zero-order valence-electron chi connectivity index (χ0n) is 8.09. The fourth-order valence-corrected chi connectivity index (χ4v) is 1.33. The first-order valence-electron chi connectivity index (χ1n) is 4.78. The van der Waals surface area contributed by atoms with Gasteiger partial charge in [0.1, 0.15) is 0 Å². The number of allylic oxidation sites excluding steroid dienone is 6. The lowest BCUT2D eigenvalue weighted by Crippen LogP contribution is -1.87. The molecule has 1 unspecified atom stereocenters. The highest BCUT2D eigenvalue weighted by Crippen LogP contribution is 2.11. The van der Waals surface area contributed by atoms with Crippen LogP contribution in [0.2, 0.25) is 0 Å². The lowest BCUT2D eigenvalue weighted by molar-refractivity contribution is 0.737. The topological polar surface area (TPSA) is 0 Å². The van der Waals surface area contributed by atoms with Gasteiger partial charge in [-0.2, -0.15) is 0 Å². The number of hydrogen-bond donors (Lipinski definition) is 0. The van der Waals surface area contributed by atoms with E-state index in [-0.39, 0.29) is 0 Å². The van der Waals surface area contributed by atoms with Crippen LogP contribution in [0.4, 0.5) is 0 Å². The van der Waals surface area contributed by atoms with Crippen LogP contribution in [0.15, 0.2) is 36.0 Å². The van der Waals surface area contributed by atoms with Crippen molar-refractivity contribution in [3.05, 3.63) is 36.0 Å². The molecule has 1 atom stereocenters. The number of hydrogen-bond acceptors (Lipinski definition) is 0. The Morgan fingerprint density at radius 1 is 1.33 bits per heavy atom. The predicted octanol–water partition coefficient (Wildman–Crippen LogP) is 3.87. The van der Waals surface area contributed by atoms with Crippen LogP contribution in [0.25, 0.3) is 0 Å². The van der Waals surface area contributed by atoms with Crippen molar-refractivity contribution in [1.29, 1.82) is 0 Å². The molecule has 0 spiro atoms. The second-order valence-corrected chi connectivity index (χ2v) is 3.62. The Morgan fingerprint density at radius 3 is 3.00 bits per heavy atom. The van der Waals surface area contributed by atoms with Crippen LogP contribution in [0, 0.1) is 5.92 Å². The van der Waals surface area contributed by atoms with Gasteiger partial charge in [-0.15, -0.1) is 0 Å². The van der Waals surface area contributed by atoms with E-state index < -0.39 is 0 Å². The maximum absolute atomic E-state index is 2.32. The van der Waals surface area contributed by atoms with E-state index in [1.165, 1.54) is 24.8 Å². The van der Waals surface area contributed by atoms with E-state index in [9.17, 15) is 0 Å². The summed E-state index contributed by atoms with van der Waals surface area (Å²) in [7, 11) is 0. The molecule has 0 saturated heterocycles. The van der Waals surface area contributed by atoms with Crippen molar-refractivity contribution in [3.63, 3.8) is 0 Å². The molecule has 0 heteroatoms. The van der Waals surface area contributed by atoms with Gasteiger partial charge >= 0.3 is 0 Å². The Balaban J connectivity index is 2.59. The molecular weight excluding hydrogens is 144 g/mol. The summed E-state index contributed by atoms with van der Waals surface area (Å²) in [5.74, 6) is 0.702. The minimum Gasteiger partial charge on any atom is -0.0879 e. The molecule has 66 valence electrons.